The third-order valence-corrected chi connectivity index (χ3v) is 7.89. The number of halogens is 2. The SMILES string of the molecule is C[C@@H]1Cc2c([nH]c3ccccc23)[C@@H](c2cnc(O[C@@H]3CCN(CCCF)C3)s2)N1CC(C)(C)F. The first kappa shape index (κ1) is 23.7. The van der Waals surface area contributed by atoms with E-state index in [9.17, 15) is 8.78 Å². The van der Waals surface area contributed by atoms with Crippen LogP contribution < -0.4 is 4.74 Å². The average Bonchev–Trinajstić information content (AvgIpc) is 3.51. The fourth-order valence-electron chi connectivity index (χ4n) is 5.47. The number of thiazole rings is 1. The molecular formula is C26H34F2N4OS. The number of benzene rings is 1. The Morgan fingerprint density at radius 3 is 2.91 bits per heavy atom. The number of hydrogen-bond acceptors (Lipinski definition) is 5. The van der Waals surface area contributed by atoms with Crippen molar-refractivity contribution >= 4 is 22.2 Å². The van der Waals surface area contributed by atoms with Crippen molar-refractivity contribution in [1.82, 2.24) is 19.8 Å². The van der Waals surface area contributed by atoms with Crippen molar-refractivity contribution in [1.29, 1.82) is 0 Å². The van der Waals surface area contributed by atoms with Gasteiger partial charge in [-0.3, -0.25) is 14.2 Å². The van der Waals surface area contributed by atoms with E-state index in [1.54, 1.807) is 25.2 Å². The summed E-state index contributed by atoms with van der Waals surface area (Å²) in [5.74, 6) is 0. The van der Waals surface area contributed by atoms with Crippen molar-refractivity contribution in [2.75, 3.05) is 32.9 Å². The smallest absolute Gasteiger partial charge is 0.273 e. The van der Waals surface area contributed by atoms with Gasteiger partial charge in [0.2, 0.25) is 0 Å². The molecule has 1 saturated heterocycles. The number of nitrogens with zero attached hydrogens (tertiary/aromatic N) is 3. The number of likely N-dealkylation sites (tertiary alicyclic amines) is 1. The largest absolute Gasteiger partial charge is 0.465 e. The zero-order valence-electron chi connectivity index (χ0n) is 20.2. The molecule has 0 saturated carbocycles. The van der Waals surface area contributed by atoms with Gasteiger partial charge in [0.15, 0.2) is 0 Å². The van der Waals surface area contributed by atoms with Crippen molar-refractivity contribution in [2.45, 2.75) is 63.9 Å². The van der Waals surface area contributed by atoms with Gasteiger partial charge in [0.1, 0.15) is 11.8 Å². The lowest BCUT2D eigenvalue weighted by Gasteiger charge is -2.42. The number of fused-ring (bicyclic) bond motifs is 3. The van der Waals surface area contributed by atoms with E-state index in [1.165, 1.54) is 10.9 Å². The number of alkyl halides is 2. The van der Waals surface area contributed by atoms with Crippen molar-refractivity contribution in [3.05, 3.63) is 46.6 Å². The van der Waals surface area contributed by atoms with Crippen LogP contribution in [-0.4, -0.2) is 70.4 Å². The first-order chi connectivity index (χ1) is 16.3. The summed E-state index contributed by atoms with van der Waals surface area (Å²) in [6.07, 6.45) is 4.35. The van der Waals surface area contributed by atoms with E-state index in [-0.39, 0.29) is 24.9 Å². The molecule has 34 heavy (non-hydrogen) atoms. The number of H-pyrrole nitrogens is 1. The van der Waals surface area contributed by atoms with Gasteiger partial charge in [0, 0.05) is 55.0 Å². The van der Waals surface area contributed by atoms with Gasteiger partial charge in [0.25, 0.3) is 5.19 Å². The fourth-order valence-corrected chi connectivity index (χ4v) is 6.43. The maximum Gasteiger partial charge on any atom is 0.273 e. The molecule has 2 aromatic heterocycles. The third-order valence-electron chi connectivity index (χ3n) is 6.95. The zero-order chi connectivity index (χ0) is 23.9. The Bertz CT molecular complexity index is 1120. The van der Waals surface area contributed by atoms with Gasteiger partial charge < -0.3 is 9.72 Å². The van der Waals surface area contributed by atoms with E-state index in [0.29, 0.717) is 18.2 Å². The van der Waals surface area contributed by atoms with Crippen LogP contribution in [0.25, 0.3) is 10.9 Å². The number of ether oxygens (including phenoxy) is 1. The molecule has 0 radical (unpaired) electrons. The summed E-state index contributed by atoms with van der Waals surface area (Å²) >= 11 is 1.55. The molecule has 1 N–H and O–H groups in total. The minimum atomic E-state index is -1.31. The van der Waals surface area contributed by atoms with Gasteiger partial charge in [-0.2, -0.15) is 0 Å². The predicted octanol–water partition coefficient (Wildman–Crippen LogP) is 5.52. The molecule has 4 heterocycles. The van der Waals surface area contributed by atoms with Crippen LogP contribution >= 0.6 is 11.3 Å². The maximum absolute atomic E-state index is 14.9. The van der Waals surface area contributed by atoms with E-state index < -0.39 is 5.67 Å². The second-order valence-electron chi connectivity index (χ2n) is 10.3. The summed E-state index contributed by atoms with van der Waals surface area (Å²) in [6.45, 7) is 8.06. The standard InChI is InChI=1S/C26H34F2N4OS/c1-17-13-20-19-7-4-5-8-21(19)30-23(20)24(32(17)16-26(2,3)28)22-14-29-25(34-22)33-18-9-12-31(15-18)11-6-10-27/h4-5,7-8,14,17-18,24,30H,6,9-13,15-16H2,1-3H3/t17-,18-,24-/m1/s1. The van der Waals surface area contributed by atoms with Gasteiger partial charge in [-0.15, -0.1) is 0 Å². The van der Waals surface area contributed by atoms with Crippen LogP contribution in [-0.2, 0) is 6.42 Å². The Kier molecular flexibility index (Phi) is 6.66. The highest BCUT2D eigenvalue weighted by atomic mass is 32.1. The topological polar surface area (TPSA) is 44.4 Å². The average molecular weight is 489 g/mol. The van der Waals surface area contributed by atoms with Gasteiger partial charge in [-0.05, 0) is 51.7 Å². The highest BCUT2D eigenvalue weighted by Gasteiger charge is 2.39. The Labute approximate surface area is 204 Å². The van der Waals surface area contributed by atoms with Crippen LogP contribution in [0, 0.1) is 0 Å². The van der Waals surface area contributed by atoms with Gasteiger partial charge in [-0.1, -0.05) is 29.5 Å². The number of aromatic nitrogens is 2. The zero-order valence-corrected chi connectivity index (χ0v) is 21.0. The quantitative estimate of drug-likeness (QED) is 0.453. The number of para-hydroxylation sites is 1. The van der Waals surface area contributed by atoms with Crippen molar-refractivity contribution in [3.8, 4) is 5.19 Å². The maximum atomic E-state index is 14.9. The summed E-state index contributed by atoms with van der Waals surface area (Å²) in [5, 5.41) is 1.90. The normalized spacial score (nSPS) is 24.1. The molecule has 8 heteroatoms. The Balaban J connectivity index is 1.43. The molecule has 0 bridgehead atoms. The fraction of sp³-hybridized carbons (Fsp3) is 0.577. The summed E-state index contributed by atoms with van der Waals surface area (Å²) in [6, 6.07) is 8.48. The van der Waals surface area contributed by atoms with E-state index in [0.717, 1.165) is 48.6 Å². The first-order valence-corrected chi connectivity index (χ1v) is 13.1. The molecule has 2 aliphatic rings. The van der Waals surface area contributed by atoms with Crippen LogP contribution in [0.15, 0.2) is 30.5 Å². The van der Waals surface area contributed by atoms with Crippen LogP contribution in [0.3, 0.4) is 0 Å². The number of aromatic amines is 1. The second-order valence-corrected chi connectivity index (χ2v) is 11.3. The molecule has 0 unspecified atom stereocenters. The lowest BCUT2D eigenvalue weighted by Crippen LogP contribution is -2.47. The second kappa shape index (κ2) is 9.55. The van der Waals surface area contributed by atoms with Crippen LogP contribution in [0.4, 0.5) is 8.78 Å². The van der Waals surface area contributed by atoms with Gasteiger partial charge >= 0.3 is 0 Å². The van der Waals surface area contributed by atoms with E-state index in [1.807, 2.05) is 12.3 Å². The monoisotopic (exact) mass is 488 g/mol. The number of nitrogens with one attached hydrogen (secondary N) is 1. The number of hydrogen-bond donors (Lipinski definition) is 1. The Hall–Kier alpha value is -2.03. The molecule has 1 fully saturated rings. The third kappa shape index (κ3) is 4.86. The molecule has 3 atom stereocenters. The molecule has 2 aliphatic heterocycles. The predicted molar refractivity (Wildman–Crippen MR) is 133 cm³/mol. The molecule has 5 nitrogen and oxygen atoms in total. The van der Waals surface area contributed by atoms with E-state index in [2.05, 4.69) is 44.9 Å². The summed E-state index contributed by atoms with van der Waals surface area (Å²) in [7, 11) is 0. The molecule has 184 valence electrons. The minimum Gasteiger partial charge on any atom is -0.465 e. The van der Waals surface area contributed by atoms with E-state index >= 15 is 0 Å². The van der Waals surface area contributed by atoms with Crippen LogP contribution in [0.1, 0.15) is 55.8 Å². The minimum absolute atomic E-state index is 0.0772. The lowest BCUT2D eigenvalue weighted by atomic mass is 9.90. The first-order valence-electron chi connectivity index (χ1n) is 12.3. The highest BCUT2D eigenvalue weighted by molar-refractivity contribution is 7.13. The summed E-state index contributed by atoms with van der Waals surface area (Å²) in [4.78, 5) is 13.8. The highest BCUT2D eigenvalue weighted by Crippen LogP contribution is 2.44. The Morgan fingerprint density at radius 2 is 2.12 bits per heavy atom. The lowest BCUT2D eigenvalue weighted by molar-refractivity contribution is 0.0678. The molecule has 0 aliphatic carbocycles. The van der Waals surface area contributed by atoms with E-state index in [4.69, 9.17) is 4.74 Å². The van der Waals surface area contributed by atoms with Gasteiger partial charge in [-0.25, -0.2) is 9.37 Å². The van der Waals surface area contributed by atoms with Crippen LogP contribution in [0.2, 0.25) is 0 Å². The molecule has 0 spiro atoms. The summed E-state index contributed by atoms with van der Waals surface area (Å²) in [5.41, 5.74) is 2.26. The summed E-state index contributed by atoms with van der Waals surface area (Å²) < 4.78 is 33.6. The van der Waals surface area contributed by atoms with Crippen LogP contribution in [0.5, 0.6) is 5.19 Å². The van der Waals surface area contributed by atoms with Gasteiger partial charge in [0.05, 0.1) is 17.6 Å². The molecular weight excluding hydrogens is 454 g/mol. The number of rotatable bonds is 8. The van der Waals surface area contributed by atoms with Crippen molar-refractivity contribution < 1.29 is 13.5 Å². The van der Waals surface area contributed by atoms with Crippen molar-refractivity contribution in [3.63, 3.8) is 0 Å². The molecule has 0 amide bonds. The molecule has 3 aromatic rings. The van der Waals surface area contributed by atoms with Crippen molar-refractivity contribution in [2.24, 2.45) is 0 Å². The Morgan fingerprint density at radius 1 is 1.29 bits per heavy atom. The molecule has 5 rings (SSSR count). The molecule has 1 aromatic carbocycles.